The molecule has 2 bridgehead atoms. The molecule has 0 aliphatic carbocycles. The molecule has 3 saturated heterocycles. The number of amides is 1. The first-order valence-electron chi connectivity index (χ1n) is 8.43. The SMILES string of the molecule is Cn1c(C(=O)NC2CN3CCC2CC3)ccc1-c1ncccc1F. The molecule has 3 aliphatic heterocycles. The molecule has 5 heterocycles. The number of nitrogens with zero attached hydrogens (tertiary/aromatic N) is 3. The molecule has 0 aromatic carbocycles. The Balaban J connectivity index is 1.55. The predicted octanol–water partition coefficient (Wildman–Crippen LogP) is 2.05. The van der Waals surface area contributed by atoms with Crippen molar-refractivity contribution in [3.8, 4) is 11.4 Å². The smallest absolute Gasteiger partial charge is 0.268 e. The van der Waals surface area contributed by atoms with Crippen LogP contribution in [0.3, 0.4) is 0 Å². The van der Waals surface area contributed by atoms with E-state index in [1.807, 2.05) is 0 Å². The molecule has 6 heteroatoms. The van der Waals surface area contributed by atoms with Gasteiger partial charge in [0.25, 0.3) is 5.91 Å². The molecule has 3 aliphatic rings. The van der Waals surface area contributed by atoms with Gasteiger partial charge in [0, 0.05) is 25.8 Å². The Morgan fingerprint density at radius 3 is 2.75 bits per heavy atom. The third-order valence-electron chi connectivity index (χ3n) is 5.33. The number of hydrogen-bond donors (Lipinski definition) is 1. The van der Waals surface area contributed by atoms with Crippen LogP contribution in [0, 0.1) is 11.7 Å². The summed E-state index contributed by atoms with van der Waals surface area (Å²) in [6, 6.07) is 6.63. The number of nitrogens with one attached hydrogen (secondary N) is 1. The summed E-state index contributed by atoms with van der Waals surface area (Å²) in [4.78, 5) is 19.2. The van der Waals surface area contributed by atoms with Gasteiger partial charge in [0.1, 0.15) is 11.4 Å². The topological polar surface area (TPSA) is 50.2 Å². The molecule has 0 saturated carbocycles. The lowest BCUT2D eigenvalue weighted by Crippen LogP contribution is -2.57. The van der Waals surface area contributed by atoms with E-state index < -0.39 is 0 Å². The van der Waals surface area contributed by atoms with Gasteiger partial charge in [0.2, 0.25) is 0 Å². The minimum atomic E-state index is -0.386. The molecule has 2 aromatic rings. The van der Waals surface area contributed by atoms with E-state index in [0.717, 1.165) is 32.5 Å². The average Bonchev–Trinajstić information content (AvgIpc) is 2.98. The van der Waals surface area contributed by atoms with Crippen LogP contribution in [0.2, 0.25) is 0 Å². The molecule has 1 unspecified atom stereocenters. The van der Waals surface area contributed by atoms with Crippen molar-refractivity contribution in [1.82, 2.24) is 19.8 Å². The summed E-state index contributed by atoms with van der Waals surface area (Å²) < 4.78 is 15.7. The van der Waals surface area contributed by atoms with E-state index in [0.29, 0.717) is 17.3 Å². The van der Waals surface area contributed by atoms with Crippen LogP contribution in [0.4, 0.5) is 4.39 Å². The first-order chi connectivity index (χ1) is 11.6. The summed E-state index contributed by atoms with van der Waals surface area (Å²) in [6.07, 6.45) is 3.86. The molecule has 3 fully saturated rings. The Morgan fingerprint density at radius 1 is 1.29 bits per heavy atom. The molecule has 0 radical (unpaired) electrons. The van der Waals surface area contributed by atoms with E-state index in [2.05, 4.69) is 15.2 Å². The fourth-order valence-electron chi connectivity index (χ4n) is 3.92. The van der Waals surface area contributed by atoms with Crippen molar-refractivity contribution in [3.05, 3.63) is 42.0 Å². The summed E-state index contributed by atoms with van der Waals surface area (Å²) in [5.41, 5.74) is 1.40. The third kappa shape index (κ3) is 2.60. The van der Waals surface area contributed by atoms with Crippen LogP contribution in [-0.2, 0) is 7.05 Å². The lowest BCUT2D eigenvalue weighted by Gasteiger charge is -2.44. The molecule has 126 valence electrons. The second-order valence-corrected chi connectivity index (χ2v) is 6.71. The van der Waals surface area contributed by atoms with E-state index in [1.165, 1.54) is 6.07 Å². The highest BCUT2D eigenvalue weighted by Crippen LogP contribution is 2.28. The van der Waals surface area contributed by atoms with Gasteiger partial charge in [-0.15, -0.1) is 0 Å². The van der Waals surface area contributed by atoms with E-state index in [-0.39, 0.29) is 23.5 Å². The summed E-state index contributed by atoms with van der Waals surface area (Å²) in [5, 5.41) is 3.17. The Hall–Kier alpha value is -2.21. The zero-order valence-electron chi connectivity index (χ0n) is 13.7. The Bertz CT molecular complexity index is 764. The molecule has 24 heavy (non-hydrogen) atoms. The molecule has 5 nitrogen and oxygen atoms in total. The van der Waals surface area contributed by atoms with Crippen molar-refractivity contribution in [1.29, 1.82) is 0 Å². The second-order valence-electron chi connectivity index (χ2n) is 6.71. The van der Waals surface area contributed by atoms with E-state index in [1.54, 1.807) is 36.0 Å². The fraction of sp³-hybridized carbons (Fsp3) is 0.444. The van der Waals surface area contributed by atoms with Crippen molar-refractivity contribution in [3.63, 3.8) is 0 Å². The zero-order valence-corrected chi connectivity index (χ0v) is 13.7. The van der Waals surface area contributed by atoms with Gasteiger partial charge in [-0.05, 0) is 56.1 Å². The van der Waals surface area contributed by atoms with Crippen LogP contribution < -0.4 is 5.32 Å². The quantitative estimate of drug-likeness (QED) is 0.938. The number of carbonyl (C=O) groups is 1. The number of carbonyl (C=O) groups excluding carboxylic acids is 1. The Labute approximate surface area is 140 Å². The van der Waals surface area contributed by atoms with Crippen molar-refractivity contribution < 1.29 is 9.18 Å². The van der Waals surface area contributed by atoms with Crippen molar-refractivity contribution in [2.24, 2.45) is 13.0 Å². The maximum Gasteiger partial charge on any atom is 0.268 e. The number of piperidine rings is 3. The van der Waals surface area contributed by atoms with Gasteiger partial charge >= 0.3 is 0 Å². The number of hydrogen-bond acceptors (Lipinski definition) is 3. The number of pyridine rings is 1. The van der Waals surface area contributed by atoms with Crippen LogP contribution in [0.25, 0.3) is 11.4 Å². The van der Waals surface area contributed by atoms with E-state index in [4.69, 9.17) is 0 Å². The highest BCUT2D eigenvalue weighted by atomic mass is 19.1. The van der Waals surface area contributed by atoms with E-state index >= 15 is 0 Å². The molecule has 2 aromatic heterocycles. The van der Waals surface area contributed by atoms with Crippen molar-refractivity contribution in [2.45, 2.75) is 18.9 Å². The summed E-state index contributed by atoms with van der Waals surface area (Å²) in [6.45, 7) is 3.22. The van der Waals surface area contributed by atoms with Crippen LogP contribution in [0.15, 0.2) is 30.5 Å². The zero-order chi connectivity index (χ0) is 16.7. The molecular formula is C18H21FN4O. The molecule has 0 spiro atoms. The molecule has 1 N–H and O–H groups in total. The third-order valence-corrected chi connectivity index (χ3v) is 5.33. The second kappa shape index (κ2) is 6.02. The Kier molecular flexibility index (Phi) is 3.84. The first-order valence-corrected chi connectivity index (χ1v) is 8.43. The lowest BCUT2D eigenvalue weighted by atomic mass is 9.84. The predicted molar refractivity (Wildman–Crippen MR) is 89.0 cm³/mol. The van der Waals surface area contributed by atoms with Gasteiger partial charge in [0.15, 0.2) is 5.82 Å². The van der Waals surface area contributed by atoms with Gasteiger partial charge < -0.3 is 14.8 Å². The van der Waals surface area contributed by atoms with Crippen LogP contribution in [0.5, 0.6) is 0 Å². The summed E-state index contributed by atoms with van der Waals surface area (Å²) >= 11 is 0. The van der Waals surface area contributed by atoms with Gasteiger partial charge in [-0.2, -0.15) is 0 Å². The molecule has 5 rings (SSSR count). The molecule has 1 atom stereocenters. The van der Waals surface area contributed by atoms with Crippen LogP contribution in [0.1, 0.15) is 23.3 Å². The maximum atomic E-state index is 14.0. The minimum absolute atomic E-state index is 0.0983. The van der Waals surface area contributed by atoms with Crippen molar-refractivity contribution >= 4 is 5.91 Å². The van der Waals surface area contributed by atoms with Crippen LogP contribution >= 0.6 is 0 Å². The van der Waals surface area contributed by atoms with Gasteiger partial charge in [-0.1, -0.05) is 0 Å². The fourth-order valence-corrected chi connectivity index (χ4v) is 3.92. The number of halogens is 1. The minimum Gasteiger partial charge on any atom is -0.346 e. The number of fused-ring (bicyclic) bond motifs is 3. The highest BCUT2D eigenvalue weighted by molar-refractivity contribution is 5.94. The van der Waals surface area contributed by atoms with Gasteiger partial charge in [-0.25, -0.2) is 4.39 Å². The van der Waals surface area contributed by atoms with E-state index in [9.17, 15) is 9.18 Å². The largest absolute Gasteiger partial charge is 0.346 e. The first kappa shape index (κ1) is 15.3. The maximum absolute atomic E-state index is 14.0. The van der Waals surface area contributed by atoms with Gasteiger partial charge in [0.05, 0.1) is 5.69 Å². The number of aromatic nitrogens is 2. The standard InChI is InChI=1S/C18H21FN4O/c1-22-15(17-13(19)3-2-8-20-17)4-5-16(22)18(24)21-14-11-23-9-6-12(14)7-10-23/h2-5,8,12,14H,6-7,9-11H2,1H3,(H,21,24). The lowest BCUT2D eigenvalue weighted by molar-refractivity contribution is 0.0616. The van der Waals surface area contributed by atoms with Gasteiger partial charge in [-0.3, -0.25) is 9.78 Å². The summed E-state index contributed by atoms with van der Waals surface area (Å²) in [5.74, 6) is 0.0915. The normalized spacial score (nSPS) is 25.7. The molecule has 1 amide bonds. The highest BCUT2D eigenvalue weighted by Gasteiger charge is 2.35. The molecular weight excluding hydrogens is 307 g/mol. The van der Waals surface area contributed by atoms with Crippen LogP contribution in [-0.4, -0.2) is 46.0 Å². The number of rotatable bonds is 3. The Morgan fingerprint density at radius 2 is 2.08 bits per heavy atom. The van der Waals surface area contributed by atoms with Crippen molar-refractivity contribution in [2.75, 3.05) is 19.6 Å². The monoisotopic (exact) mass is 328 g/mol. The summed E-state index contributed by atoms with van der Waals surface area (Å²) in [7, 11) is 1.77. The average molecular weight is 328 g/mol.